The third-order valence-electron chi connectivity index (χ3n) is 18.9. The van der Waals surface area contributed by atoms with Crippen LogP contribution in [0.1, 0.15) is 174 Å². The number of aryl methyl sites for hydroxylation is 5. The van der Waals surface area contributed by atoms with Crippen LogP contribution < -0.4 is 21.8 Å². The van der Waals surface area contributed by atoms with E-state index in [1.807, 2.05) is 46.8 Å². The molecule has 6 aromatic rings. The molecular formula is C73H89F5N8O10. The van der Waals surface area contributed by atoms with Crippen molar-refractivity contribution in [2.75, 3.05) is 53.5 Å². The van der Waals surface area contributed by atoms with Crippen molar-refractivity contribution in [1.29, 1.82) is 0 Å². The first-order chi connectivity index (χ1) is 45.3. The molecule has 2 saturated heterocycles. The Hall–Kier alpha value is -7.99. The quantitative estimate of drug-likeness (QED) is 0.0321. The van der Waals surface area contributed by atoms with Gasteiger partial charge in [0, 0.05) is 89.6 Å². The van der Waals surface area contributed by atoms with Crippen molar-refractivity contribution in [2.45, 2.75) is 175 Å². The van der Waals surface area contributed by atoms with Gasteiger partial charge in [0.25, 0.3) is 11.1 Å². The summed E-state index contributed by atoms with van der Waals surface area (Å²) in [7, 11) is 3.26. The van der Waals surface area contributed by atoms with Crippen LogP contribution in [0.3, 0.4) is 0 Å². The Kier molecular flexibility index (Phi) is 22.7. The molecular weight excluding hydrogens is 1240 g/mol. The van der Waals surface area contributed by atoms with Crippen LogP contribution in [0.2, 0.25) is 0 Å². The summed E-state index contributed by atoms with van der Waals surface area (Å²) >= 11 is 0. The number of nitrogens with zero attached hydrogens (tertiary/aromatic N) is 6. The lowest BCUT2D eigenvalue weighted by Crippen LogP contribution is -2.52. The van der Waals surface area contributed by atoms with E-state index < -0.39 is 101 Å². The van der Waals surface area contributed by atoms with Crippen molar-refractivity contribution < 1.29 is 60.8 Å². The van der Waals surface area contributed by atoms with Crippen molar-refractivity contribution in [1.82, 2.24) is 40.0 Å². The van der Waals surface area contributed by atoms with Crippen LogP contribution in [0.4, 0.5) is 22.0 Å². The number of amides is 2. The van der Waals surface area contributed by atoms with E-state index in [-0.39, 0.29) is 77.9 Å². The molecule has 4 atom stereocenters. The summed E-state index contributed by atoms with van der Waals surface area (Å²) in [4.78, 5) is 88.2. The average molecular weight is 1330 g/mol. The van der Waals surface area contributed by atoms with Crippen LogP contribution in [-0.4, -0.2) is 129 Å². The Balaban J connectivity index is 1.08. The molecule has 2 amide bonds. The number of benzene rings is 4. The highest BCUT2D eigenvalue weighted by Crippen LogP contribution is 2.43. The molecule has 4 N–H and O–H groups in total. The van der Waals surface area contributed by atoms with Gasteiger partial charge in [0.2, 0.25) is 11.8 Å². The molecule has 0 radical (unpaired) electrons. The number of rotatable bonds is 29. The molecule has 0 bridgehead atoms. The smallest absolute Gasteiger partial charge is 0.419 e. The number of carboxylic acids is 2. The predicted molar refractivity (Wildman–Crippen MR) is 354 cm³/mol. The highest BCUT2D eigenvalue weighted by atomic mass is 19.4. The Morgan fingerprint density at radius 2 is 1.08 bits per heavy atom. The zero-order valence-corrected chi connectivity index (χ0v) is 56.8. The van der Waals surface area contributed by atoms with E-state index in [0.717, 1.165) is 56.1 Å². The standard InChI is InChI=1S/C73H89F5N8O10/c1-38(2)21-61(71(93)79-59(32-65(89)90)54-27-49(25-44(9)69(54)74)67-42(7)23-40(5)24-43(67)8)85-63(87)30-48(57(81-85)17-19-83-34-51(35-83)95-11)26-47-14-13-41(6)68(45(47)10)50-28-55(70(75)56(29-50)73(76,77)78)60(33-66(91)92)80-72(94)62(22-39(3)4)86-64(88)31-53(46-15-16-46)58(82-86)18-20-84-36-52(37-84)96-12/h13-14,23-25,27-31,38-39,46,51-52,59-62H,15-22,26,32-37H2,1-12H3,(H,79,93)(H,80,94)(H,89,90)(H,91,92)/t59-,60-,61-,62-/m0/s1. The molecule has 4 heterocycles. The van der Waals surface area contributed by atoms with E-state index in [0.29, 0.717) is 91.0 Å². The average Bonchev–Trinajstić information content (AvgIpc) is 0.841. The number of hydrogen-bond donors (Lipinski definition) is 4. The summed E-state index contributed by atoms with van der Waals surface area (Å²) in [5.41, 5.74) is 4.42. The fourth-order valence-electron chi connectivity index (χ4n) is 13.8. The monoisotopic (exact) mass is 1330 g/mol. The number of methoxy groups -OCH3 is 2. The molecule has 0 unspecified atom stereocenters. The van der Waals surface area contributed by atoms with Gasteiger partial charge in [-0.15, -0.1) is 0 Å². The summed E-state index contributed by atoms with van der Waals surface area (Å²) in [5.74, 6) is -7.44. The third-order valence-corrected chi connectivity index (χ3v) is 18.9. The van der Waals surface area contributed by atoms with Crippen LogP contribution >= 0.6 is 0 Å². The fraction of sp³-hybridized carbons (Fsp3) is 0.507. The molecule has 1 saturated carbocycles. The lowest BCUT2D eigenvalue weighted by molar-refractivity contribution is -0.140. The number of aliphatic carboxylic acids is 2. The minimum absolute atomic E-state index is 0.0125. The fourth-order valence-corrected chi connectivity index (χ4v) is 13.8. The number of ether oxygens (including phenoxy) is 2. The lowest BCUT2D eigenvalue weighted by Gasteiger charge is -2.38. The molecule has 96 heavy (non-hydrogen) atoms. The number of hydrogen-bond acceptors (Lipinski definition) is 12. The number of carbonyl (C=O) groups is 4. The summed E-state index contributed by atoms with van der Waals surface area (Å²) in [5, 5.41) is 35.7. The van der Waals surface area contributed by atoms with Crippen LogP contribution in [0.15, 0.2) is 70.3 Å². The van der Waals surface area contributed by atoms with E-state index in [4.69, 9.17) is 19.7 Å². The summed E-state index contributed by atoms with van der Waals surface area (Å²) in [6.45, 7) is 21.7. The second kappa shape index (κ2) is 30.2. The minimum atomic E-state index is -5.32. The Labute approximate surface area is 556 Å². The molecule has 2 aromatic heterocycles. The minimum Gasteiger partial charge on any atom is -0.481 e. The maximum atomic E-state index is 17.0. The Morgan fingerprint density at radius 3 is 1.56 bits per heavy atom. The zero-order chi connectivity index (χ0) is 69.9. The van der Waals surface area contributed by atoms with Gasteiger partial charge in [0.05, 0.1) is 54.1 Å². The number of likely N-dealkylation sites (tertiary alicyclic amines) is 2. The van der Waals surface area contributed by atoms with Gasteiger partial charge in [-0.25, -0.2) is 18.1 Å². The SMILES string of the molecule is COC1CN(CCc2nn([C@@H](CC(C)C)C(=O)N[C@@H](CC(=O)O)c3cc(-c4c(C)cc(C)cc4C)cc(C)c3F)c(=O)cc2Cc2ccc(C)c(-c3cc([C@H](CC(=O)O)NC(=O)[C@H](CC(C)C)n4nc(CCN5CC(OC)C5)c(C5CC5)cc4=O)c(F)c(C(F)(F)F)c3)c2C)C1. The Morgan fingerprint density at radius 1 is 0.604 bits per heavy atom. The maximum Gasteiger partial charge on any atom is 0.419 e. The van der Waals surface area contributed by atoms with Crippen LogP contribution in [0.5, 0.6) is 0 Å². The maximum absolute atomic E-state index is 17.0. The number of carboxylic acid groups (broad SMARTS) is 2. The highest BCUT2D eigenvalue weighted by molar-refractivity contribution is 5.83. The number of aromatic nitrogens is 4. The van der Waals surface area contributed by atoms with E-state index in [1.165, 1.54) is 12.1 Å². The zero-order valence-electron chi connectivity index (χ0n) is 56.8. The molecule has 0 spiro atoms. The van der Waals surface area contributed by atoms with Crippen LogP contribution in [0.25, 0.3) is 22.3 Å². The molecule has 2 aliphatic heterocycles. The predicted octanol–water partition coefficient (Wildman–Crippen LogP) is 11.3. The van der Waals surface area contributed by atoms with Crippen molar-refractivity contribution >= 4 is 23.8 Å². The first-order valence-corrected chi connectivity index (χ1v) is 33.0. The molecule has 516 valence electrons. The van der Waals surface area contributed by atoms with Gasteiger partial charge in [-0.05, 0) is 182 Å². The number of carbonyl (C=O) groups excluding carboxylic acids is 2. The van der Waals surface area contributed by atoms with Crippen LogP contribution in [-0.2, 0) is 54.1 Å². The summed E-state index contributed by atoms with van der Waals surface area (Å²) < 4.78 is 92.5. The van der Waals surface area contributed by atoms with Gasteiger partial charge < -0.3 is 30.3 Å². The van der Waals surface area contributed by atoms with E-state index in [9.17, 15) is 39.0 Å². The van der Waals surface area contributed by atoms with Gasteiger partial charge >= 0.3 is 18.1 Å². The lowest BCUT2D eigenvalue weighted by atomic mass is 9.86. The number of alkyl halides is 3. The normalized spacial score (nSPS) is 16.1. The van der Waals surface area contributed by atoms with Gasteiger partial charge in [-0.2, -0.15) is 23.4 Å². The van der Waals surface area contributed by atoms with Crippen LogP contribution in [0, 0.1) is 65.0 Å². The third kappa shape index (κ3) is 16.9. The van der Waals surface area contributed by atoms with Crippen molar-refractivity contribution in [3.05, 3.63) is 171 Å². The van der Waals surface area contributed by atoms with E-state index >= 15 is 22.0 Å². The van der Waals surface area contributed by atoms with E-state index in [2.05, 4.69) is 20.4 Å². The number of halogens is 5. The van der Waals surface area contributed by atoms with Crippen molar-refractivity contribution in [2.24, 2.45) is 11.8 Å². The largest absolute Gasteiger partial charge is 0.481 e. The second-order valence-electron chi connectivity index (χ2n) is 27.5. The van der Waals surface area contributed by atoms with Gasteiger partial charge in [-0.3, -0.25) is 38.6 Å². The molecule has 9 rings (SSSR count). The summed E-state index contributed by atoms with van der Waals surface area (Å²) in [6.07, 6.45) is -4.52. The number of nitrogens with one attached hydrogen (secondary N) is 2. The molecule has 18 nitrogen and oxygen atoms in total. The summed E-state index contributed by atoms with van der Waals surface area (Å²) in [6, 6.07) is 9.26. The molecule has 3 aliphatic rings. The molecule has 1 aliphatic carbocycles. The highest BCUT2D eigenvalue weighted by Gasteiger charge is 2.40. The van der Waals surface area contributed by atoms with Gasteiger partial charge in [0.1, 0.15) is 23.7 Å². The molecule has 23 heteroatoms. The topological polar surface area (TPSA) is 228 Å². The van der Waals surface area contributed by atoms with Crippen molar-refractivity contribution in [3.63, 3.8) is 0 Å². The first-order valence-electron chi connectivity index (χ1n) is 33.0. The Bertz CT molecular complexity index is 4010. The molecule has 4 aromatic carbocycles. The van der Waals surface area contributed by atoms with Gasteiger partial charge in [0.15, 0.2) is 0 Å². The molecule has 3 fully saturated rings. The second-order valence-corrected chi connectivity index (χ2v) is 27.5. The first kappa shape index (κ1) is 72.3. The van der Waals surface area contributed by atoms with Gasteiger partial charge in [-0.1, -0.05) is 57.5 Å². The van der Waals surface area contributed by atoms with E-state index in [1.54, 1.807) is 73.1 Å². The van der Waals surface area contributed by atoms with Crippen molar-refractivity contribution in [3.8, 4) is 22.3 Å².